The van der Waals surface area contributed by atoms with E-state index in [1.54, 1.807) is 0 Å². The van der Waals surface area contributed by atoms with Crippen LogP contribution in [0.25, 0.3) is 10.4 Å². The van der Waals surface area contributed by atoms with Crippen LogP contribution in [0.5, 0.6) is 0 Å². The van der Waals surface area contributed by atoms with Crippen molar-refractivity contribution in [3.63, 3.8) is 0 Å². The fourth-order valence-electron chi connectivity index (χ4n) is 0.637. The van der Waals surface area contributed by atoms with Crippen LogP contribution in [-0.2, 0) is 0 Å². The number of benzene rings is 1. The van der Waals surface area contributed by atoms with Crippen LogP contribution in [0.4, 0.5) is 18.9 Å². The van der Waals surface area contributed by atoms with E-state index in [1.165, 1.54) is 0 Å². The van der Waals surface area contributed by atoms with Crippen LogP contribution >= 0.6 is 0 Å². The molecule has 1 rings (SSSR count). The van der Waals surface area contributed by atoms with Crippen LogP contribution in [0.2, 0.25) is 0 Å². The van der Waals surface area contributed by atoms with E-state index in [0.717, 1.165) is 0 Å². The van der Waals surface area contributed by atoms with Crippen molar-refractivity contribution < 1.29 is 13.2 Å². The molecule has 0 aromatic heterocycles. The minimum absolute atomic E-state index is 0.319. The Morgan fingerprint density at radius 2 is 1.67 bits per heavy atom. The van der Waals surface area contributed by atoms with E-state index in [-0.39, 0.29) is 0 Å². The molecule has 0 aliphatic rings. The minimum Gasteiger partial charge on any atom is -0.206 e. The smallest absolute Gasteiger partial charge is 0.161 e. The Labute approximate surface area is 65.1 Å². The molecule has 0 heterocycles. The van der Waals surface area contributed by atoms with Crippen LogP contribution in [0.15, 0.2) is 17.2 Å². The topological polar surface area (TPSA) is 48.8 Å². The second-order valence-electron chi connectivity index (χ2n) is 1.91. The van der Waals surface area contributed by atoms with E-state index < -0.39 is 23.1 Å². The Balaban J connectivity index is 3.32. The van der Waals surface area contributed by atoms with Crippen LogP contribution in [0.3, 0.4) is 0 Å². The molecule has 0 bridgehead atoms. The van der Waals surface area contributed by atoms with E-state index in [0.29, 0.717) is 12.1 Å². The van der Waals surface area contributed by atoms with Gasteiger partial charge in [0.1, 0.15) is 5.82 Å². The Morgan fingerprint density at radius 1 is 1.08 bits per heavy atom. The number of rotatable bonds is 1. The molecule has 0 N–H and O–H groups in total. The highest BCUT2D eigenvalue weighted by Gasteiger charge is 2.07. The van der Waals surface area contributed by atoms with E-state index in [9.17, 15) is 13.2 Å². The molecule has 1 aromatic carbocycles. The Hall–Kier alpha value is -1.68. The predicted octanol–water partition coefficient (Wildman–Crippen LogP) is 3.05. The van der Waals surface area contributed by atoms with Gasteiger partial charge in [0.05, 0.1) is 5.69 Å². The van der Waals surface area contributed by atoms with Crippen LogP contribution in [0.1, 0.15) is 0 Å². The first-order valence-corrected chi connectivity index (χ1v) is 2.85. The summed E-state index contributed by atoms with van der Waals surface area (Å²) in [5.41, 5.74) is 7.32. The van der Waals surface area contributed by atoms with Crippen molar-refractivity contribution in [2.45, 2.75) is 0 Å². The van der Waals surface area contributed by atoms with Gasteiger partial charge in [0.25, 0.3) is 0 Å². The van der Waals surface area contributed by atoms with E-state index in [2.05, 4.69) is 10.0 Å². The molecule has 0 aliphatic heterocycles. The molecule has 12 heavy (non-hydrogen) atoms. The quantitative estimate of drug-likeness (QED) is 0.271. The van der Waals surface area contributed by atoms with Crippen molar-refractivity contribution in [1.29, 1.82) is 0 Å². The molecule has 3 nitrogen and oxygen atoms in total. The van der Waals surface area contributed by atoms with Gasteiger partial charge in [-0.3, -0.25) is 0 Å². The van der Waals surface area contributed by atoms with Gasteiger partial charge >= 0.3 is 0 Å². The van der Waals surface area contributed by atoms with Crippen LogP contribution in [0, 0.1) is 17.5 Å². The summed E-state index contributed by atoms with van der Waals surface area (Å²) in [4.78, 5) is 2.23. The van der Waals surface area contributed by atoms with Crippen molar-refractivity contribution >= 4 is 5.69 Å². The molecular weight excluding hydrogens is 171 g/mol. The highest BCUT2D eigenvalue weighted by Crippen LogP contribution is 2.20. The molecule has 6 heteroatoms. The molecule has 0 atom stereocenters. The van der Waals surface area contributed by atoms with Crippen molar-refractivity contribution in [2.75, 3.05) is 0 Å². The van der Waals surface area contributed by atoms with Gasteiger partial charge in [-0.05, 0) is 11.6 Å². The SMILES string of the molecule is [N-]=[N+]=Nc1cc(F)c(F)cc1F. The standard InChI is InChI=1S/C6H2F3N3/c7-3-1-5(9)6(11-12-10)2-4(3)8/h1-2H. The molecule has 0 saturated heterocycles. The Bertz CT molecular complexity index is 357. The zero-order chi connectivity index (χ0) is 9.14. The zero-order valence-electron chi connectivity index (χ0n) is 5.63. The maximum atomic E-state index is 12.5. The first kappa shape index (κ1) is 8.42. The van der Waals surface area contributed by atoms with E-state index in [1.807, 2.05) is 0 Å². The van der Waals surface area contributed by atoms with Gasteiger partial charge in [-0.25, -0.2) is 13.2 Å². The monoisotopic (exact) mass is 173 g/mol. The molecule has 0 amide bonds. The average Bonchev–Trinajstić information content (AvgIpc) is 2.01. The summed E-state index contributed by atoms with van der Waals surface area (Å²) < 4.78 is 37.2. The van der Waals surface area contributed by atoms with Crippen molar-refractivity contribution in [2.24, 2.45) is 5.11 Å². The summed E-state index contributed by atoms with van der Waals surface area (Å²) in [5, 5.41) is 2.81. The molecule has 0 unspecified atom stereocenters. The normalized spacial score (nSPS) is 9.25. The van der Waals surface area contributed by atoms with Crippen molar-refractivity contribution in [1.82, 2.24) is 0 Å². The average molecular weight is 173 g/mol. The second kappa shape index (κ2) is 3.15. The molecule has 0 fully saturated rings. The molecule has 1 aromatic rings. The predicted molar refractivity (Wildman–Crippen MR) is 35.1 cm³/mol. The van der Waals surface area contributed by atoms with E-state index in [4.69, 9.17) is 5.53 Å². The zero-order valence-corrected chi connectivity index (χ0v) is 5.63. The van der Waals surface area contributed by atoms with E-state index >= 15 is 0 Å². The maximum absolute atomic E-state index is 12.5. The fraction of sp³-hybridized carbons (Fsp3) is 0. The summed E-state index contributed by atoms with van der Waals surface area (Å²) in [6.45, 7) is 0. The number of hydrogen-bond donors (Lipinski definition) is 0. The largest absolute Gasteiger partial charge is 0.206 e. The lowest BCUT2D eigenvalue weighted by Crippen LogP contribution is -1.85. The maximum Gasteiger partial charge on any atom is 0.161 e. The summed E-state index contributed by atoms with van der Waals surface area (Å²) in [6, 6.07) is 0.809. The van der Waals surface area contributed by atoms with Gasteiger partial charge in [-0.2, -0.15) is 0 Å². The van der Waals surface area contributed by atoms with Crippen molar-refractivity contribution in [3.05, 3.63) is 40.0 Å². The summed E-state index contributed by atoms with van der Waals surface area (Å²) in [7, 11) is 0. The number of halogens is 3. The number of hydrogen-bond acceptors (Lipinski definition) is 1. The number of nitrogens with zero attached hydrogens (tertiary/aromatic N) is 3. The molecule has 0 aliphatic carbocycles. The van der Waals surface area contributed by atoms with Gasteiger partial charge in [0.15, 0.2) is 11.6 Å². The van der Waals surface area contributed by atoms with Gasteiger partial charge in [0, 0.05) is 11.0 Å². The lowest BCUT2D eigenvalue weighted by Gasteiger charge is -1.95. The highest BCUT2D eigenvalue weighted by atomic mass is 19.2. The first-order chi connectivity index (χ1) is 5.65. The summed E-state index contributed by atoms with van der Waals surface area (Å²) in [5.74, 6) is -3.66. The Morgan fingerprint density at radius 3 is 2.25 bits per heavy atom. The van der Waals surface area contributed by atoms with Gasteiger partial charge < -0.3 is 0 Å². The van der Waals surface area contributed by atoms with Gasteiger partial charge in [-0.15, -0.1) is 0 Å². The Kier molecular flexibility index (Phi) is 2.21. The third-order valence-electron chi connectivity index (χ3n) is 1.14. The third-order valence-corrected chi connectivity index (χ3v) is 1.14. The lowest BCUT2D eigenvalue weighted by molar-refractivity contribution is 0.496. The summed E-state index contributed by atoms with van der Waals surface area (Å²) >= 11 is 0. The molecule has 0 spiro atoms. The van der Waals surface area contributed by atoms with Crippen molar-refractivity contribution in [3.8, 4) is 0 Å². The first-order valence-electron chi connectivity index (χ1n) is 2.85. The summed E-state index contributed by atoms with van der Waals surface area (Å²) in [6.07, 6.45) is 0. The van der Waals surface area contributed by atoms with Gasteiger partial charge in [-0.1, -0.05) is 5.11 Å². The van der Waals surface area contributed by atoms with Crippen LogP contribution < -0.4 is 0 Å². The highest BCUT2D eigenvalue weighted by molar-refractivity contribution is 5.38. The van der Waals surface area contributed by atoms with Crippen LogP contribution in [-0.4, -0.2) is 0 Å². The number of azide groups is 1. The second-order valence-corrected chi connectivity index (χ2v) is 1.91. The molecule has 62 valence electrons. The van der Waals surface area contributed by atoms with Gasteiger partial charge in [0.2, 0.25) is 0 Å². The fourth-order valence-corrected chi connectivity index (χ4v) is 0.637. The minimum atomic E-state index is -1.32. The molecule has 0 saturated carbocycles. The third kappa shape index (κ3) is 1.49. The molecule has 0 radical (unpaired) electrons. The molecular formula is C6H2F3N3. The lowest BCUT2D eigenvalue weighted by atomic mass is 10.3.